The first-order valence-electron chi connectivity index (χ1n) is 11.5. The molecule has 0 saturated carbocycles. The van der Waals surface area contributed by atoms with E-state index in [9.17, 15) is 4.39 Å². The number of nitrogens with one attached hydrogen (secondary N) is 1. The standard InChI is InChI=1S/C29H28FN3/c1-21-27(24-14-19-33(20-15-24)18-13-22-5-3-2-4-6-22)28(23-11-16-31-17-12-23)29(32-21)25-7-9-26(30)10-8-25/h2-12,14,16-17,32H,13,15,18-20H2,1H3. The molecule has 33 heavy (non-hydrogen) atoms. The number of pyridine rings is 1. The van der Waals surface area contributed by atoms with Gasteiger partial charge in [-0.1, -0.05) is 36.4 Å². The Kier molecular flexibility index (Phi) is 6.18. The molecule has 2 aromatic heterocycles. The predicted molar refractivity (Wildman–Crippen MR) is 133 cm³/mol. The second-order valence-corrected chi connectivity index (χ2v) is 8.63. The molecule has 4 aromatic rings. The van der Waals surface area contributed by atoms with Crippen LogP contribution in [0.5, 0.6) is 0 Å². The summed E-state index contributed by atoms with van der Waals surface area (Å²) in [4.78, 5) is 10.3. The average Bonchev–Trinajstić information content (AvgIpc) is 3.21. The van der Waals surface area contributed by atoms with Crippen molar-refractivity contribution in [2.45, 2.75) is 19.8 Å². The number of rotatable bonds is 6. The first-order valence-corrected chi connectivity index (χ1v) is 11.5. The van der Waals surface area contributed by atoms with Crippen LogP contribution in [-0.4, -0.2) is 34.5 Å². The van der Waals surface area contributed by atoms with Crippen LogP contribution in [0.1, 0.15) is 23.2 Å². The fraction of sp³-hybridized carbons (Fsp3) is 0.207. The lowest BCUT2D eigenvalue weighted by Crippen LogP contribution is -2.30. The summed E-state index contributed by atoms with van der Waals surface area (Å²) >= 11 is 0. The van der Waals surface area contributed by atoms with Crippen LogP contribution in [0.15, 0.2) is 85.2 Å². The first-order chi connectivity index (χ1) is 16.2. The van der Waals surface area contributed by atoms with Gasteiger partial charge in [-0.3, -0.25) is 9.88 Å². The highest BCUT2D eigenvalue weighted by atomic mass is 19.1. The van der Waals surface area contributed by atoms with Gasteiger partial charge in [0.1, 0.15) is 5.82 Å². The van der Waals surface area contributed by atoms with E-state index in [4.69, 9.17) is 0 Å². The highest BCUT2D eigenvalue weighted by Crippen LogP contribution is 2.41. The zero-order chi connectivity index (χ0) is 22.6. The molecule has 0 spiro atoms. The molecule has 2 aromatic carbocycles. The molecular weight excluding hydrogens is 409 g/mol. The van der Waals surface area contributed by atoms with Crippen molar-refractivity contribution in [1.29, 1.82) is 0 Å². The third-order valence-electron chi connectivity index (χ3n) is 6.46. The van der Waals surface area contributed by atoms with Crippen molar-refractivity contribution in [2.24, 2.45) is 0 Å². The summed E-state index contributed by atoms with van der Waals surface area (Å²) < 4.78 is 13.6. The van der Waals surface area contributed by atoms with Crippen molar-refractivity contribution in [3.8, 4) is 22.4 Å². The van der Waals surface area contributed by atoms with Gasteiger partial charge in [0.05, 0.1) is 5.69 Å². The van der Waals surface area contributed by atoms with E-state index in [1.807, 2.05) is 24.5 Å². The molecule has 1 N–H and O–H groups in total. The van der Waals surface area contributed by atoms with E-state index < -0.39 is 0 Å². The van der Waals surface area contributed by atoms with Crippen LogP contribution in [0.4, 0.5) is 4.39 Å². The van der Waals surface area contributed by atoms with Crippen molar-refractivity contribution in [2.75, 3.05) is 19.6 Å². The maximum atomic E-state index is 13.6. The molecule has 0 unspecified atom stereocenters. The van der Waals surface area contributed by atoms with Crippen LogP contribution in [0.25, 0.3) is 28.0 Å². The molecule has 0 aliphatic carbocycles. The topological polar surface area (TPSA) is 31.9 Å². The molecule has 1 aliphatic rings. The minimum Gasteiger partial charge on any atom is -0.358 e. The van der Waals surface area contributed by atoms with Gasteiger partial charge < -0.3 is 4.98 Å². The smallest absolute Gasteiger partial charge is 0.123 e. The van der Waals surface area contributed by atoms with Crippen LogP contribution < -0.4 is 0 Å². The Labute approximate surface area is 194 Å². The molecule has 3 heterocycles. The molecule has 5 rings (SSSR count). The summed E-state index contributed by atoms with van der Waals surface area (Å²) in [5, 5.41) is 0. The predicted octanol–water partition coefficient (Wildman–Crippen LogP) is 6.52. The normalized spacial score (nSPS) is 14.3. The Morgan fingerprint density at radius 1 is 0.909 bits per heavy atom. The number of H-pyrrole nitrogens is 1. The monoisotopic (exact) mass is 437 g/mol. The van der Waals surface area contributed by atoms with Gasteiger partial charge in [0.15, 0.2) is 0 Å². The Hall–Kier alpha value is -3.50. The van der Waals surface area contributed by atoms with Crippen LogP contribution in [0.3, 0.4) is 0 Å². The van der Waals surface area contributed by atoms with E-state index in [1.165, 1.54) is 34.4 Å². The molecule has 4 heteroatoms. The van der Waals surface area contributed by atoms with Gasteiger partial charge in [-0.2, -0.15) is 0 Å². The Morgan fingerprint density at radius 3 is 2.36 bits per heavy atom. The minimum atomic E-state index is -0.224. The van der Waals surface area contributed by atoms with Gasteiger partial charge >= 0.3 is 0 Å². The Morgan fingerprint density at radius 2 is 1.67 bits per heavy atom. The average molecular weight is 438 g/mol. The quantitative estimate of drug-likeness (QED) is 0.372. The van der Waals surface area contributed by atoms with Crippen LogP contribution >= 0.6 is 0 Å². The SMILES string of the molecule is Cc1[nH]c(-c2ccc(F)cc2)c(-c2ccncc2)c1C1=CCN(CCc2ccccc2)CC1. The first kappa shape index (κ1) is 21.4. The van der Waals surface area contributed by atoms with E-state index in [0.717, 1.165) is 55.0 Å². The number of hydrogen-bond acceptors (Lipinski definition) is 2. The van der Waals surface area contributed by atoms with E-state index in [1.54, 1.807) is 0 Å². The molecule has 3 nitrogen and oxygen atoms in total. The largest absolute Gasteiger partial charge is 0.358 e. The van der Waals surface area contributed by atoms with E-state index in [-0.39, 0.29) is 5.82 Å². The van der Waals surface area contributed by atoms with Gasteiger partial charge in [0.25, 0.3) is 0 Å². The lowest BCUT2D eigenvalue weighted by molar-refractivity contribution is 0.306. The highest BCUT2D eigenvalue weighted by molar-refractivity contribution is 5.92. The van der Waals surface area contributed by atoms with Crippen molar-refractivity contribution in [3.63, 3.8) is 0 Å². The number of aromatic nitrogens is 2. The summed E-state index contributed by atoms with van der Waals surface area (Å²) in [6.45, 7) is 5.20. The van der Waals surface area contributed by atoms with Gasteiger partial charge in [-0.15, -0.1) is 0 Å². The summed E-state index contributed by atoms with van der Waals surface area (Å²) in [5.74, 6) is -0.224. The second kappa shape index (κ2) is 9.55. The summed E-state index contributed by atoms with van der Waals surface area (Å²) in [7, 11) is 0. The van der Waals surface area contributed by atoms with Crippen molar-refractivity contribution in [1.82, 2.24) is 14.9 Å². The van der Waals surface area contributed by atoms with Gasteiger partial charge in [0.2, 0.25) is 0 Å². The number of benzene rings is 2. The molecule has 1 aliphatic heterocycles. The molecule has 0 saturated heterocycles. The third kappa shape index (κ3) is 4.67. The fourth-order valence-corrected chi connectivity index (χ4v) is 4.74. The summed E-state index contributed by atoms with van der Waals surface area (Å²) in [5.41, 5.74) is 9.48. The summed E-state index contributed by atoms with van der Waals surface area (Å²) in [6.07, 6.45) is 8.12. The lowest BCUT2D eigenvalue weighted by atomic mass is 9.90. The molecular formula is C29H28FN3. The van der Waals surface area contributed by atoms with E-state index >= 15 is 0 Å². The van der Waals surface area contributed by atoms with Crippen LogP contribution in [0.2, 0.25) is 0 Å². The molecule has 0 bridgehead atoms. The Bertz CT molecular complexity index is 1240. The van der Waals surface area contributed by atoms with Gasteiger partial charge in [-0.25, -0.2) is 4.39 Å². The number of aromatic amines is 1. The number of nitrogens with zero attached hydrogens (tertiary/aromatic N) is 2. The molecule has 0 radical (unpaired) electrons. The molecule has 0 amide bonds. The number of halogens is 1. The van der Waals surface area contributed by atoms with Crippen LogP contribution in [-0.2, 0) is 6.42 Å². The van der Waals surface area contributed by atoms with Crippen molar-refractivity contribution < 1.29 is 4.39 Å². The maximum absolute atomic E-state index is 13.6. The minimum absolute atomic E-state index is 0.224. The van der Waals surface area contributed by atoms with Crippen molar-refractivity contribution >= 4 is 5.57 Å². The van der Waals surface area contributed by atoms with Gasteiger partial charge in [-0.05, 0) is 78.4 Å². The second-order valence-electron chi connectivity index (χ2n) is 8.63. The maximum Gasteiger partial charge on any atom is 0.123 e. The van der Waals surface area contributed by atoms with Gasteiger partial charge in [0, 0.05) is 48.8 Å². The van der Waals surface area contributed by atoms with Crippen LogP contribution in [0, 0.1) is 12.7 Å². The molecule has 0 fully saturated rings. The Balaban J connectivity index is 1.45. The highest BCUT2D eigenvalue weighted by Gasteiger charge is 2.23. The zero-order valence-corrected chi connectivity index (χ0v) is 18.9. The lowest BCUT2D eigenvalue weighted by Gasteiger charge is -2.27. The third-order valence-corrected chi connectivity index (χ3v) is 6.46. The van der Waals surface area contributed by atoms with Crippen molar-refractivity contribution in [3.05, 3.63) is 108 Å². The van der Waals surface area contributed by atoms with E-state index in [0.29, 0.717) is 0 Å². The summed E-state index contributed by atoms with van der Waals surface area (Å²) in [6, 6.07) is 21.5. The van der Waals surface area contributed by atoms with E-state index in [2.05, 4.69) is 70.3 Å². The fourth-order valence-electron chi connectivity index (χ4n) is 4.74. The zero-order valence-electron chi connectivity index (χ0n) is 18.9. The molecule has 166 valence electrons. The number of aryl methyl sites for hydroxylation is 1. The number of hydrogen-bond donors (Lipinski definition) is 1. The molecule has 0 atom stereocenters.